The Morgan fingerprint density at radius 3 is 2.65 bits per heavy atom. The summed E-state index contributed by atoms with van der Waals surface area (Å²) in [6.45, 7) is 10.2. The number of carbonyl (C=O) groups is 1. The van der Waals surface area contributed by atoms with Gasteiger partial charge in [-0.3, -0.25) is 9.59 Å². The molecule has 1 aliphatic heterocycles. The highest BCUT2D eigenvalue weighted by Crippen LogP contribution is 2.32. The molecule has 4 rings (SSSR count). The third-order valence-corrected chi connectivity index (χ3v) is 7.01. The maximum atomic E-state index is 11.9. The van der Waals surface area contributed by atoms with Crippen molar-refractivity contribution >= 4 is 17.0 Å². The number of aliphatic carboxylic acids is 1. The van der Waals surface area contributed by atoms with Gasteiger partial charge in [-0.15, -0.1) is 0 Å². The third kappa shape index (κ3) is 5.25. The van der Waals surface area contributed by atoms with Crippen molar-refractivity contribution in [1.29, 1.82) is 0 Å². The lowest BCUT2D eigenvalue weighted by Crippen LogP contribution is -2.28. The molecule has 1 saturated heterocycles. The number of fused-ring (bicyclic) bond motifs is 1. The summed E-state index contributed by atoms with van der Waals surface area (Å²) in [4.78, 5) is 31.5. The number of hydrogen-bond donors (Lipinski definition) is 2. The molecule has 2 N–H and O–H groups in total. The Bertz CT molecular complexity index is 1230. The molecule has 0 bridgehead atoms. The number of imidazole rings is 1. The first-order chi connectivity index (χ1) is 16.1. The largest absolute Gasteiger partial charge is 0.481 e. The van der Waals surface area contributed by atoms with Crippen LogP contribution in [0, 0.1) is 24.2 Å². The van der Waals surface area contributed by atoms with Crippen molar-refractivity contribution in [2.75, 3.05) is 13.2 Å². The number of pyridine rings is 1. The zero-order chi connectivity index (χ0) is 24.5. The summed E-state index contributed by atoms with van der Waals surface area (Å²) in [7, 11) is 0. The van der Waals surface area contributed by atoms with E-state index < -0.39 is 11.9 Å². The van der Waals surface area contributed by atoms with Crippen molar-refractivity contribution in [3.63, 3.8) is 0 Å². The number of aromatic amines is 1. The van der Waals surface area contributed by atoms with Gasteiger partial charge in [-0.1, -0.05) is 26.8 Å². The zero-order valence-corrected chi connectivity index (χ0v) is 20.6. The summed E-state index contributed by atoms with van der Waals surface area (Å²) >= 11 is 0. The van der Waals surface area contributed by atoms with Crippen molar-refractivity contribution < 1.29 is 14.6 Å². The minimum absolute atomic E-state index is 0.0926. The molecule has 3 aromatic rings. The number of aryl methyl sites for hydroxylation is 2. The van der Waals surface area contributed by atoms with Gasteiger partial charge in [0.05, 0.1) is 17.0 Å². The zero-order valence-electron chi connectivity index (χ0n) is 20.6. The molecule has 2 aromatic heterocycles. The van der Waals surface area contributed by atoms with Crippen LogP contribution in [0.25, 0.3) is 22.4 Å². The van der Waals surface area contributed by atoms with Crippen molar-refractivity contribution in [3.05, 3.63) is 51.9 Å². The van der Waals surface area contributed by atoms with Gasteiger partial charge in [0, 0.05) is 37.1 Å². The van der Waals surface area contributed by atoms with Crippen molar-refractivity contribution in [3.8, 4) is 11.4 Å². The number of H-pyrrole nitrogens is 1. The Morgan fingerprint density at radius 2 is 2.00 bits per heavy atom. The van der Waals surface area contributed by atoms with Crippen LogP contribution in [0.4, 0.5) is 0 Å². The van der Waals surface area contributed by atoms with Crippen LogP contribution in [0.3, 0.4) is 0 Å². The second kappa shape index (κ2) is 9.74. The molecule has 0 spiro atoms. The second-order valence-corrected chi connectivity index (χ2v) is 10.6. The lowest BCUT2D eigenvalue weighted by Gasteiger charge is -2.27. The molecule has 1 aromatic carbocycles. The van der Waals surface area contributed by atoms with Crippen LogP contribution in [0.2, 0.25) is 0 Å². The van der Waals surface area contributed by atoms with E-state index in [1.165, 1.54) is 0 Å². The molecule has 7 nitrogen and oxygen atoms in total. The summed E-state index contributed by atoms with van der Waals surface area (Å²) < 4.78 is 7.81. The van der Waals surface area contributed by atoms with Crippen LogP contribution in [0.5, 0.6) is 0 Å². The molecular formula is C27H35N3O4. The monoisotopic (exact) mass is 465 g/mol. The molecule has 1 aliphatic rings. The number of hydrogen-bond acceptors (Lipinski definition) is 4. The third-order valence-electron chi connectivity index (χ3n) is 7.01. The molecule has 0 aliphatic carbocycles. The Kier molecular flexibility index (Phi) is 6.94. The van der Waals surface area contributed by atoms with Gasteiger partial charge < -0.3 is 19.4 Å². The number of rotatable bonds is 7. The fourth-order valence-corrected chi connectivity index (χ4v) is 4.89. The molecular weight excluding hydrogens is 430 g/mol. The first kappa shape index (κ1) is 24.2. The van der Waals surface area contributed by atoms with E-state index in [1.54, 1.807) is 13.1 Å². The highest BCUT2D eigenvalue weighted by atomic mass is 16.5. The van der Waals surface area contributed by atoms with E-state index in [2.05, 4.69) is 27.8 Å². The van der Waals surface area contributed by atoms with Crippen molar-refractivity contribution in [1.82, 2.24) is 14.5 Å². The topological polar surface area (TPSA) is 97.2 Å². The molecule has 7 heteroatoms. The number of nitrogens with one attached hydrogen (secondary N) is 1. The van der Waals surface area contributed by atoms with Crippen molar-refractivity contribution in [2.24, 2.45) is 17.3 Å². The molecule has 34 heavy (non-hydrogen) atoms. The van der Waals surface area contributed by atoms with Crippen LogP contribution >= 0.6 is 0 Å². The van der Waals surface area contributed by atoms with E-state index in [-0.39, 0.29) is 11.0 Å². The smallest absolute Gasteiger partial charge is 0.307 e. The highest BCUT2D eigenvalue weighted by Gasteiger charge is 2.30. The van der Waals surface area contributed by atoms with E-state index >= 15 is 0 Å². The van der Waals surface area contributed by atoms with E-state index in [1.807, 2.05) is 26.8 Å². The van der Waals surface area contributed by atoms with Crippen LogP contribution < -0.4 is 5.56 Å². The van der Waals surface area contributed by atoms with Gasteiger partial charge >= 0.3 is 5.97 Å². The first-order valence-electron chi connectivity index (χ1n) is 12.1. The van der Waals surface area contributed by atoms with Crippen LogP contribution in [-0.2, 0) is 22.5 Å². The van der Waals surface area contributed by atoms with E-state index in [0.29, 0.717) is 24.3 Å². The predicted molar refractivity (Wildman–Crippen MR) is 133 cm³/mol. The van der Waals surface area contributed by atoms with Crippen LogP contribution in [0.1, 0.15) is 51.2 Å². The van der Waals surface area contributed by atoms with Crippen LogP contribution in [-0.4, -0.2) is 38.8 Å². The Hall–Kier alpha value is -2.93. The normalized spacial score (nSPS) is 16.1. The predicted octanol–water partition coefficient (Wildman–Crippen LogP) is 4.81. The van der Waals surface area contributed by atoms with Gasteiger partial charge in [0.2, 0.25) is 0 Å². The number of benzene rings is 1. The van der Waals surface area contributed by atoms with E-state index in [4.69, 9.17) is 9.72 Å². The average Bonchev–Trinajstić information content (AvgIpc) is 3.13. The second-order valence-electron chi connectivity index (χ2n) is 10.6. The average molecular weight is 466 g/mol. The molecule has 0 unspecified atom stereocenters. The van der Waals surface area contributed by atoms with Crippen LogP contribution in [0.15, 0.2) is 35.3 Å². The summed E-state index contributed by atoms with van der Waals surface area (Å²) in [5, 5.41) is 9.67. The number of carboxylic acids is 1. The molecule has 0 radical (unpaired) electrons. The van der Waals surface area contributed by atoms with Gasteiger partial charge in [-0.25, -0.2) is 4.98 Å². The van der Waals surface area contributed by atoms with Gasteiger partial charge in [-0.05, 0) is 67.7 Å². The lowest BCUT2D eigenvalue weighted by atomic mass is 9.77. The highest BCUT2D eigenvalue weighted by molar-refractivity contribution is 5.81. The molecule has 1 fully saturated rings. The number of carboxylic acid groups (broad SMARTS) is 1. The van der Waals surface area contributed by atoms with E-state index in [0.717, 1.165) is 60.6 Å². The SMILES string of the molecule is Cc1cc(-c2nc3cc(CC[C@H](C(=O)O)C(C)(C)C)ccc3n2CC2CCOCC2)c[nH]c1=O. The van der Waals surface area contributed by atoms with Gasteiger partial charge in [0.1, 0.15) is 5.82 Å². The Balaban J connectivity index is 1.69. The molecule has 182 valence electrons. The Morgan fingerprint density at radius 1 is 1.26 bits per heavy atom. The van der Waals surface area contributed by atoms with Gasteiger partial charge in [0.15, 0.2) is 0 Å². The molecule has 3 heterocycles. The molecule has 0 saturated carbocycles. The number of ether oxygens (including phenoxy) is 1. The standard InChI is InChI=1S/C27H35N3O4/c1-17-13-20(15-28-25(17)31)24-29-22-14-18(5-7-21(26(32)33)27(2,3)4)6-8-23(22)30(24)16-19-9-11-34-12-10-19/h6,8,13-15,19,21H,5,7,9-12,16H2,1-4H3,(H,28,31)(H,32,33)/t21-/m1/s1. The summed E-state index contributed by atoms with van der Waals surface area (Å²) in [5.41, 5.74) is 4.19. The minimum Gasteiger partial charge on any atom is -0.481 e. The quantitative estimate of drug-likeness (QED) is 0.522. The summed E-state index contributed by atoms with van der Waals surface area (Å²) in [5.74, 6) is 0.201. The van der Waals surface area contributed by atoms with Gasteiger partial charge in [0.25, 0.3) is 5.56 Å². The number of aromatic nitrogens is 3. The van der Waals surface area contributed by atoms with E-state index in [9.17, 15) is 14.7 Å². The summed E-state index contributed by atoms with van der Waals surface area (Å²) in [6, 6.07) is 8.17. The summed E-state index contributed by atoms with van der Waals surface area (Å²) in [6.07, 6.45) is 5.04. The molecule has 0 amide bonds. The maximum absolute atomic E-state index is 11.9. The number of nitrogens with zero attached hydrogens (tertiary/aromatic N) is 2. The first-order valence-corrected chi connectivity index (χ1v) is 12.1. The van der Waals surface area contributed by atoms with Crippen molar-refractivity contribution in [2.45, 2.75) is 59.9 Å². The fourth-order valence-electron chi connectivity index (χ4n) is 4.89. The van der Waals surface area contributed by atoms with Gasteiger partial charge in [-0.2, -0.15) is 0 Å². The maximum Gasteiger partial charge on any atom is 0.307 e. The minimum atomic E-state index is -0.745. The fraction of sp³-hybridized carbons (Fsp3) is 0.519. The molecule has 1 atom stereocenters. The Labute approximate surface area is 200 Å². The lowest BCUT2D eigenvalue weighted by molar-refractivity contribution is -0.145.